The maximum absolute atomic E-state index is 12.0. The largest absolute Gasteiger partial charge is 0.486 e. The van der Waals surface area contributed by atoms with Gasteiger partial charge in [0.1, 0.15) is 19.3 Å². The van der Waals surface area contributed by atoms with Gasteiger partial charge in [0.05, 0.1) is 19.1 Å². The number of esters is 1. The fraction of sp³-hybridized carbons (Fsp3) is 0.462. The highest BCUT2D eigenvalue weighted by molar-refractivity contribution is 7.92. The number of ether oxygens (including phenoxy) is 3. The zero-order chi connectivity index (χ0) is 15.6. The van der Waals surface area contributed by atoms with Crippen LogP contribution in [0.15, 0.2) is 18.2 Å². The highest BCUT2D eigenvalue weighted by Crippen LogP contribution is 2.35. The number of sulfonamides is 1. The summed E-state index contributed by atoms with van der Waals surface area (Å²) in [6.07, 6.45) is 1.03. The van der Waals surface area contributed by atoms with E-state index in [-0.39, 0.29) is 0 Å². The Morgan fingerprint density at radius 1 is 1.29 bits per heavy atom. The van der Waals surface area contributed by atoms with E-state index in [1.807, 2.05) is 0 Å². The van der Waals surface area contributed by atoms with Gasteiger partial charge in [-0.1, -0.05) is 0 Å². The number of benzene rings is 1. The molecule has 1 atom stereocenters. The van der Waals surface area contributed by atoms with Crippen molar-refractivity contribution in [3.8, 4) is 11.5 Å². The topological polar surface area (TPSA) is 82.1 Å². The molecule has 0 aliphatic carbocycles. The molecule has 0 fully saturated rings. The highest BCUT2D eigenvalue weighted by atomic mass is 32.2. The van der Waals surface area contributed by atoms with E-state index in [0.29, 0.717) is 30.4 Å². The Morgan fingerprint density at radius 2 is 1.90 bits per heavy atom. The van der Waals surface area contributed by atoms with Crippen LogP contribution in [0, 0.1) is 0 Å². The predicted molar refractivity (Wildman–Crippen MR) is 76.2 cm³/mol. The van der Waals surface area contributed by atoms with E-state index in [2.05, 4.69) is 4.74 Å². The van der Waals surface area contributed by atoms with Crippen LogP contribution in [0.2, 0.25) is 0 Å². The van der Waals surface area contributed by atoms with Crippen LogP contribution in [0.25, 0.3) is 0 Å². The summed E-state index contributed by atoms with van der Waals surface area (Å²) in [5, 5.41) is 0. The maximum atomic E-state index is 12.0. The Balaban J connectivity index is 2.44. The molecule has 1 aliphatic heterocycles. The van der Waals surface area contributed by atoms with Crippen LogP contribution in [0.1, 0.15) is 6.92 Å². The third-order valence-electron chi connectivity index (χ3n) is 3.03. The SMILES string of the molecule is COC(=O)[C@@H](C)N(c1ccc2c(c1)OCCO2)S(C)(=O)=O. The maximum Gasteiger partial charge on any atom is 0.329 e. The van der Waals surface area contributed by atoms with E-state index >= 15 is 0 Å². The summed E-state index contributed by atoms with van der Waals surface area (Å²) in [5.41, 5.74) is 0.319. The average molecular weight is 315 g/mol. The molecule has 2 rings (SSSR count). The molecule has 1 aromatic rings. The minimum atomic E-state index is -3.66. The van der Waals surface area contributed by atoms with Crippen molar-refractivity contribution in [2.24, 2.45) is 0 Å². The standard InChI is InChI=1S/C13H17NO6S/c1-9(13(15)18-2)14(21(3,16)17)10-4-5-11-12(8-10)20-7-6-19-11/h4-5,8-9H,6-7H2,1-3H3/t9-/m1/s1. The third-order valence-corrected chi connectivity index (χ3v) is 4.27. The Bertz CT molecular complexity index is 642. The van der Waals surface area contributed by atoms with Crippen LogP contribution in [0.3, 0.4) is 0 Å². The van der Waals surface area contributed by atoms with E-state index in [0.717, 1.165) is 10.6 Å². The van der Waals surface area contributed by atoms with Gasteiger partial charge in [-0.05, 0) is 19.1 Å². The molecule has 8 heteroatoms. The van der Waals surface area contributed by atoms with Gasteiger partial charge in [-0.15, -0.1) is 0 Å². The van der Waals surface area contributed by atoms with Gasteiger partial charge >= 0.3 is 5.97 Å². The molecule has 1 aromatic carbocycles. The van der Waals surface area contributed by atoms with Gasteiger partial charge in [0.25, 0.3) is 0 Å². The Morgan fingerprint density at radius 3 is 2.48 bits per heavy atom. The summed E-state index contributed by atoms with van der Waals surface area (Å²) >= 11 is 0. The first-order chi connectivity index (χ1) is 9.84. The second-order valence-corrected chi connectivity index (χ2v) is 6.45. The van der Waals surface area contributed by atoms with Crippen molar-refractivity contribution in [3.05, 3.63) is 18.2 Å². The van der Waals surface area contributed by atoms with E-state index in [1.165, 1.54) is 20.1 Å². The first-order valence-corrected chi connectivity index (χ1v) is 8.16. The molecule has 1 heterocycles. The molecular weight excluding hydrogens is 298 g/mol. The predicted octanol–water partition coefficient (Wildman–Crippen LogP) is 0.785. The molecule has 7 nitrogen and oxygen atoms in total. The van der Waals surface area contributed by atoms with Crippen LogP contribution in [-0.4, -0.2) is 47.0 Å². The normalized spacial score (nSPS) is 15.2. The molecule has 0 bridgehead atoms. The second kappa shape index (κ2) is 5.80. The van der Waals surface area contributed by atoms with Crippen molar-refractivity contribution < 1.29 is 27.4 Å². The summed E-state index contributed by atoms with van der Waals surface area (Å²) in [7, 11) is -2.45. The molecule has 0 amide bonds. The van der Waals surface area contributed by atoms with E-state index in [9.17, 15) is 13.2 Å². The van der Waals surface area contributed by atoms with Gasteiger partial charge in [-0.3, -0.25) is 4.31 Å². The summed E-state index contributed by atoms with van der Waals surface area (Å²) in [6.45, 7) is 2.30. The molecule has 21 heavy (non-hydrogen) atoms. The molecule has 0 aromatic heterocycles. The molecule has 0 unspecified atom stereocenters. The number of nitrogens with zero attached hydrogens (tertiary/aromatic N) is 1. The Kier molecular flexibility index (Phi) is 4.26. The Hall–Kier alpha value is -1.96. The van der Waals surface area contributed by atoms with Gasteiger partial charge in [-0.2, -0.15) is 0 Å². The number of hydrogen-bond acceptors (Lipinski definition) is 6. The molecule has 0 N–H and O–H groups in total. The van der Waals surface area contributed by atoms with Crippen molar-refractivity contribution in [2.45, 2.75) is 13.0 Å². The quantitative estimate of drug-likeness (QED) is 0.764. The van der Waals surface area contributed by atoms with Crippen LogP contribution < -0.4 is 13.8 Å². The van der Waals surface area contributed by atoms with Crippen LogP contribution >= 0.6 is 0 Å². The number of rotatable bonds is 4. The fourth-order valence-corrected chi connectivity index (χ4v) is 3.29. The van der Waals surface area contributed by atoms with Gasteiger partial charge in [0.15, 0.2) is 11.5 Å². The van der Waals surface area contributed by atoms with Gasteiger partial charge in [-0.25, -0.2) is 13.2 Å². The number of methoxy groups -OCH3 is 1. The minimum absolute atomic E-state index is 0.319. The molecule has 116 valence electrons. The highest BCUT2D eigenvalue weighted by Gasteiger charge is 2.30. The lowest BCUT2D eigenvalue weighted by atomic mass is 10.2. The lowest BCUT2D eigenvalue weighted by Crippen LogP contribution is -2.43. The third kappa shape index (κ3) is 3.21. The number of hydrogen-bond donors (Lipinski definition) is 0. The fourth-order valence-electron chi connectivity index (χ4n) is 2.14. The van der Waals surface area contributed by atoms with Gasteiger partial charge in [0.2, 0.25) is 10.0 Å². The summed E-state index contributed by atoms with van der Waals surface area (Å²) in [4.78, 5) is 11.7. The summed E-state index contributed by atoms with van der Waals surface area (Å²) in [6, 6.07) is 3.74. The van der Waals surface area contributed by atoms with Crippen molar-refractivity contribution in [3.63, 3.8) is 0 Å². The molecule has 0 saturated heterocycles. The Labute approximate surface area is 123 Å². The molecule has 0 saturated carbocycles. The second-order valence-electron chi connectivity index (χ2n) is 4.59. The van der Waals surface area contributed by atoms with Gasteiger partial charge in [0, 0.05) is 6.07 Å². The average Bonchev–Trinajstić information content (AvgIpc) is 2.44. The van der Waals surface area contributed by atoms with Crippen LogP contribution in [-0.2, 0) is 19.6 Å². The van der Waals surface area contributed by atoms with E-state index in [4.69, 9.17) is 9.47 Å². The first-order valence-electron chi connectivity index (χ1n) is 6.31. The van der Waals surface area contributed by atoms with Crippen molar-refractivity contribution in [2.75, 3.05) is 30.9 Å². The lowest BCUT2D eigenvalue weighted by molar-refractivity contribution is -0.141. The number of fused-ring (bicyclic) bond motifs is 1. The van der Waals surface area contributed by atoms with Crippen molar-refractivity contribution >= 4 is 21.7 Å². The van der Waals surface area contributed by atoms with Crippen LogP contribution in [0.4, 0.5) is 5.69 Å². The zero-order valence-electron chi connectivity index (χ0n) is 12.0. The first kappa shape index (κ1) is 15.4. The minimum Gasteiger partial charge on any atom is -0.486 e. The number of carbonyl (C=O) groups excluding carboxylic acids is 1. The monoisotopic (exact) mass is 315 g/mol. The van der Waals surface area contributed by atoms with Crippen molar-refractivity contribution in [1.29, 1.82) is 0 Å². The molecule has 1 aliphatic rings. The van der Waals surface area contributed by atoms with Crippen LogP contribution in [0.5, 0.6) is 11.5 Å². The van der Waals surface area contributed by atoms with E-state index < -0.39 is 22.0 Å². The zero-order valence-corrected chi connectivity index (χ0v) is 12.8. The van der Waals surface area contributed by atoms with E-state index in [1.54, 1.807) is 12.1 Å². The van der Waals surface area contributed by atoms with Gasteiger partial charge < -0.3 is 14.2 Å². The summed E-state index contributed by atoms with van der Waals surface area (Å²) in [5.74, 6) is 0.351. The molecule has 0 radical (unpaired) electrons. The molecular formula is C13H17NO6S. The van der Waals surface area contributed by atoms with Crippen molar-refractivity contribution in [1.82, 2.24) is 0 Å². The number of anilines is 1. The summed E-state index contributed by atoms with van der Waals surface area (Å²) < 4.78 is 40.5. The molecule has 0 spiro atoms. The smallest absolute Gasteiger partial charge is 0.329 e. The lowest BCUT2D eigenvalue weighted by Gasteiger charge is -2.28. The number of carbonyl (C=O) groups is 1.